The molecule has 0 bridgehead atoms. The molecule has 0 atom stereocenters. The Labute approximate surface area is 219 Å². The maximum Gasteiger partial charge on any atom is 0.311 e. The number of ether oxygens (including phenoxy) is 1. The van der Waals surface area contributed by atoms with Gasteiger partial charge >= 0.3 is 5.97 Å². The van der Waals surface area contributed by atoms with Crippen LogP contribution in [0.3, 0.4) is 0 Å². The summed E-state index contributed by atoms with van der Waals surface area (Å²) in [6, 6.07) is 7.84. The van der Waals surface area contributed by atoms with Gasteiger partial charge in [-0.25, -0.2) is 9.97 Å². The number of nitrogens with zero attached hydrogens (tertiary/aromatic N) is 2. The van der Waals surface area contributed by atoms with E-state index in [1.54, 1.807) is 20.8 Å². The summed E-state index contributed by atoms with van der Waals surface area (Å²) in [4.78, 5) is 49.7. The van der Waals surface area contributed by atoms with Crippen LogP contribution in [0.15, 0.2) is 33.9 Å². The van der Waals surface area contributed by atoms with E-state index in [9.17, 15) is 14.4 Å². The molecule has 4 aromatic rings. The Morgan fingerprint density at radius 2 is 1.26 bits per heavy atom. The van der Waals surface area contributed by atoms with Gasteiger partial charge in [0.05, 0.1) is 27.2 Å². The predicted octanol–water partition coefficient (Wildman–Crippen LogP) is 3.41. The molecule has 0 saturated carbocycles. The number of esters is 1. The zero-order valence-corrected chi connectivity index (χ0v) is 21.9. The van der Waals surface area contributed by atoms with Crippen LogP contribution in [-0.4, -0.2) is 31.0 Å². The van der Waals surface area contributed by atoms with E-state index in [1.165, 1.54) is 22.3 Å². The number of carbonyl (C=O) groups is 1. The van der Waals surface area contributed by atoms with Crippen LogP contribution in [0.25, 0.3) is 21.8 Å². The molecule has 9 heteroatoms. The third kappa shape index (κ3) is 5.24. The van der Waals surface area contributed by atoms with Gasteiger partial charge in [-0.2, -0.15) is 0 Å². The van der Waals surface area contributed by atoms with E-state index in [4.69, 9.17) is 9.84 Å². The largest absolute Gasteiger partial charge is 0.457 e. The van der Waals surface area contributed by atoms with E-state index in [1.807, 2.05) is 24.3 Å². The molecule has 0 saturated heterocycles. The van der Waals surface area contributed by atoms with Crippen molar-refractivity contribution in [3.05, 3.63) is 78.9 Å². The van der Waals surface area contributed by atoms with Crippen LogP contribution in [0, 0.1) is 5.41 Å². The van der Waals surface area contributed by atoms with Crippen LogP contribution in [-0.2, 0) is 48.4 Å². The Kier molecular flexibility index (Phi) is 6.88. The van der Waals surface area contributed by atoms with E-state index in [0.717, 1.165) is 38.5 Å². The van der Waals surface area contributed by atoms with Crippen LogP contribution in [0.2, 0.25) is 0 Å². The molecule has 0 amide bonds. The standard InChI is InChI=1S/C17H20N2O3.C12H12N2O2/c1-17(2,3)16(21)22-9-14-18-13-8-11-6-4-5-10(11)7-12(13)15(20)19-14;15-6-11-13-10-5-8-3-1-2-7(8)4-9(10)12(16)14-11/h7-8H,4-6,9H2,1-3H3,(H,18,19,20);4-5,15H,1-3,6H2,(H,13,14,16). The van der Waals surface area contributed by atoms with Gasteiger partial charge in [0.2, 0.25) is 0 Å². The number of rotatable bonds is 3. The summed E-state index contributed by atoms with van der Waals surface area (Å²) in [6.07, 6.45) is 6.44. The van der Waals surface area contributed by atoms with Crippen molar-refractivity contribution in [1.82, 2.24) is 19.9 Å². The van der Waals surface area contributed by atoms with Gasteiger partial charge in [0, 0.05) is 0 Å². The Hall–Kier alpha value is -3.85. The van der Waals surface area contributed by atoms with Gasteiger partial charge < -0.3 is 19.8 Å². The number of fused-ring (bicyclic) bond motifs is 4. The van der Waals surface area contributed by atoms with Crippen LogP contribution < -0.4 is 11.1 Å². The molecule has 3 N–H and O–H groups in total. The van der Waals surface area contributed by atoms with Gasteiger partial charge in [0.15, 0.2) is 0 Å². The number of H-pyrrole nitrogens is 2. The Morgan fingerprint density at radius 3 is 1.74 bits per heavy atom. The van der Waals surface area contributed by atoms with Crippen LogP contribution >= 0.6 is 0 Å². The first-order valence-electron chi connectivity index (χ1n) is 13.0. The number of hydrogen-bond donors (Lipinski definition) is 3. The van der Waals surface area contributed by atoms with E-state index in [-0.39, 0.29) is 30.3 Å². The number of aliphatic hydroxyl groups excluding tert-OH is 1. The fraction of sp³-hybridized carbons (Fsp3) is 0.414. The lowest BCUT2D eigenvalue weighted by molar-refractivity contribution is -0.154. The van der Waals surface area contributed by atoms with Gasteiger partial charge in [-0.1, -0.05) is 0 Å². The van der Waals surface area contributed by atoms with Crippen molar-refractivity contribution in [2.24, 2.45) is 5.41 Å². The fourth-order valence-corrected chi connectivity index (χ4v) is 5.01. The van der Waals surface area contributed by atoms with Gasteiger partial charge in [0.25, 0.3) is 11.1 Å². The van der Waals surface area contributed by atoms with E-state index in [0.29, 0.717) is 33.5 Å². The molecule has 0 fully saturated rings. The molecule has 198 valence electrons. The van der Waals surface area contributed by atoms with Crippen molar-refractivity contribution in [1.29, 1.82) is 0 Å². The molecule has 0 radical (unpaired) electrons. The number of aryl methyl sites for hydroxylation is 4. The molecular formula is C29H32N4O5. The highest BCUT2D eigenvalue weighted by Gasteiger charge is 2.23. The number of nitrogens with one attached hydrogen (secondary N) is 2. The lowest BCUT2D eigenvalue weighted by Crippen LogP contribution is -2.24. The monoisotopic (exact) mass is 516 g/mol. The molecule has 6 rings (SSSR count). The number of hydrogen-bond acceptors (Lipinski definition) is 7. The minimum Gasteiger partial charge on any atom is -0.457 e. The summed E-state index contributed by atoms with van der Waals surface area (Å²) in [5.74, 6) is 0.396. The summed E-state index contributed by atoms with van der Waals surface area (Å²) in [7, 11) is 0. The molecule has 9 nitrogen and oxygen atoms in total. The van der Waals surface area contributed by atoms with Gasteiger partial charge in [-0.15, -0.1) is 0 Å². The summed E-state index contributed by atoms with van der Waals surface area (Å²) >= 11 is 0. The first-order chi connectivity index (χ1) is 18.1. The zero-order chi connectivity index (χ0) is 27.0. The summed E-state index contributed by atoms with van der Waals surface area (Å²) in [6.45, 7) is 5.11. The minimum absolute atomic E-state index is 0.0155. The molecular weight excluding hydrogens is 484 g/mol. The average Bonchev–Trinajstić information content (AvgIpc) is 3.53. The third-order valence-electron chi connectivity index (χ3n) is 7.04. The van der Waals surface area contributed by atoms with Crippen molar-refractivity contribution in [3.63, 3.8) is 0 Å². The Bertz CT molecular complexity index is 1660. The predicted molar refractivity (Wildman–Crippen MR) is 144 cm³/mol. The molecule has 0 unspecified atom stereocenters. The summed E-state index contributed by atoms with van der Waals surface area (Å²) in [5.41, 5.74) is 5.50. The molecule has 2 aromatic carbocycles. The second-order valence-electron chi connectivity index (χ2n) is 11.0. The number of aromatic amines is 2. The van der Waals surface area contributed by atoms with Crippen LogP contribution in [0.5, 0.6) is 0 Å². The molecule has 2 aliphatic rings. The second kappa shape index (κ2) is 10.1. The SMILES string of the molecule is CC(C)(C)C(=O)OCc1nc2cc3c(cc2c(=O)[nH]1)CCC3.O=c1[nH]c(CO)nc2cc3c(cc12)CCC3. The van der Waals surface area contributed by atoms with Crippen molar-refractivity contribution in [2.75, 3.05) is 0 Å². The highest BCUT2D eigenvalue weighted by Crippen LogP contribution is 2.26. The number of carbonyl (C=O) groups excluding carboxylic acids is 1. The quantitative estimate of drug-likeness (QED) is 0.355. The normalized spacial score (nSPS) is 14.2. The summed E-state index contributed by atoms with van der Waals surface area (Å²) in [5, 5.41) is 10.2. The summed E-state index contributed by atoms with van der Waals surface area (Å²) < 4.78 is 5.22. The lowest BCUT2D eigenvalue weighted by Gasteiger charge is -2.16. The highest BCUT2D eigenvalue weighted by atomic mass is 16.5. The van der Waals surface area contributed by atoms with Crippen LogP contribution in [0.1, 0.15) is 67.5 Å². The molecule has 0 spiro atoms. The maximum absolute atomic E-state index is 12.2. The third-order valence-corrected chi connectivity index (χ3v) is 7.04. The van der Waals surface area contributed by atoms with Gasteiger partial charge in [-0.05, 0) is 106 Å². The smallest absolute Gasteiger partial charge is 0.311 e. The average molecular weight is 517 g/mol. The van der Waals surface area contributed by atoms with Crippen molar-refractivity contribution >= 4 is 27.8 Å². The topological polar surface area (TPSA) is 138 Å². The first-order valence-corrected chi connectivity index (χ1v) is 13.0. The van der Waals surface area contributed by atoms with Gasteiger partial charge in [-0.3, -0.25) is 14.4 Å². The highest BCUT2D eigenvalue weighted by molar-refractivity contribution is 5.80. The molecule has 2 aromatic heterocycles. The van der Waals surface area contributed by atoms with Crippen molar-refractivity contribution < 1.29 is 14.6 Å². The lowest BCUT2D eigenvalue weighted by atomic mass is 9.97. The Balaban J connectivity index is 0.000000162. The van der Waals surface area contributed by atoms with E-state index < -0.39 is 5.41 Å². The second-order valence-corrected chi connectivity index (χ2v) is 11.0. The molecule has 0 aliphatic heterocycles. The van der Waals surface area contributed by atoms with E-state index in [2.05, 4.69) is 19.9 Å². The molecule has 38 heavy (non-hydrogen) atoms. The number of benzene rings is 2. The molecule has 2 aliphatic carbocycles. The number of aliphatic hydroxyl groups is 1. The minimum atomic E-state index is -0.571. The first kappa shape index (κ1) is 25.8. The van der Waals surface area contributed by atoms with Gasteiger partial charge in [0.1, 0.15) is 24.9 Å². The van der Waals surface area contributed by atoms with Crippen molar-refractivity contribution in [3.8, 4) is 0 Å². The van der Waals surface area contributed by atoms with Crippen molar-refractivity contribution in [2.45, 2.75) is 72.5 Å². The van der Waals surface area contributed by atoms with E-state index >= 15 is 0 Å². The molecule has 2 heterocycles. The fourth-order valence-electron chi connectivity index (χ4n) is 5.01. The Morgan fingerprint density at radius 1 is 0.816 bits per heavy atom. The maximum atomic E-state index is 12.2. The number of aromatic nitrogens is 4. The zero-order valence-electron chi connectivity index (χ0n) is 21.9. The van der Waals surface area contributed by atoms with Crippen LogP contribution in [0.4, 0.5) is 0 Å².